The van der Waals surface area contributed by atoms with Crippen molar-refractivity contribution in [1.29, 1.82) is 0 Å². The van der Waals surface area contributed by atoms with E-state index in [-0.39, 0.29) is 23.6 Å². The molecule has 6 heteroatoms. The van der Waals surface area contributed by atoms with Crippen LogP contribution < -0.4 is 10.1 Å². The monoisotopic (exact) mass is 266 g/mol. The number of nitrogens with zero attached hydrogens (tertiary/aromatic N) is 1. The average molecular weight is 266 g/mol. The first-order valence-corrected chi connectivity index (χ1v) is 6.63. The van der Waals surface area contributed by atoms with Gasteiger partial charge in [0, 0.05) is 0 Å². The van der Waals surface area contributed by atoms with Gasteiger partial charge in [0.05, 0.1) is 24.7 Å². The minimum absolute atomic E-state index is 0.161. The molecule has 2 rings (SSSR count). The third-order valence-corrected chi connectivity index (χ3v) is 3.31. The molecule has 0 radical (unpaired) electrons. The molecule has 0 spiro atoms. The second kappa shape index (κ2) is 5.77. The summed E-state index contributed by atoms with van der Waals surface area (Å²) in [6.07, 6.45) is 0. The number of hydrogen-bond donors (Lipinski definition) is 1. The van der Waals surface area contributed by atoms with Crippen molar-refractivity contribution in [3.8, 4) is 5.75 Å². The van der Waals surface area contributed by atoms with Crippen LogP contribution in [0.5, 0.6) is 5.75 Å². The molecule has 2 amide bonds. The molecule has 0 atom stereocenters. The second-order valence-corrected chi connectivity index (χ2v) is 4.57. The van der Waals surface area contributed by atoms with Crippen LogP contribution in [0.4, 0.5) is 10.5 Å². The molecule has 1 aromatic carbocycles. The Kier molecular flexibility index (Phi) is 4.09. The number of carbonyl (C=O) groups excluding carboxylic acids is 2. The van der Waals surface area contributed by atoms with Crippen LogP contribution >= 0.6 is 11.8 Å². The predicted octanol–water partition coefficient (Wildman–Crippen LogP) is 2.15. The SMILES string of the molecule is CCOc1ccccc1NCN1C(=O)CSC1=O. The molecule has 1 heterocycles. The number of para-hydroxylation sites is 2. The first kappa shape index (κ1) is 12.8. The van der Waals surface area contributed by atoms with E-state index in [0.717, 1.165) is 17.4 Å². The number of anilines is 1. The molecule has 1 N–H and O–H groups in total. The summed E-state index contributed by atoms with van der Waals surface area (Å²) in [6, 6.07) is 7.43. The van der Waals surface area contributed by atoms with Gasteiger partial charge in [-0.25, -0.2) is 0 Å². The molecule has 0 unspecified atom stereocenters. The van der Waals surface area contributed by atoms with Gasteiger partial charge < -0.3 is 10.1 Å². The Labute approximate surface area is 109 Å². The van der Waals surface area contributed by atoms with Gasteiger partial charge in [-0.3, -0.25) is 14.5 Å². The molecular weight excluding hydrogens is 252 g/mol. The van der Waals surface area contributed by atoms with E-state index in [0.29, 0.717) is 12.4 Å². The van der Waals surface area contributed by atoms with Gasteiger partial charge in [-0.2, -0.15) is 0 Å². The van der Waals surface area contributed by atoms with Gasteiger partial charge in [-0.15, -0.1) is 0 Å². The molecule has 18 heavy (non-hydrogen) atoms. The highest BCUT2D eigenvalue weighted by molar-refractivity contribution is 8.14. The van der Waals surface area contributed by atoms with Gasteiger partial charge in [0.1, 0.15) is 5.75 Å². The third-order valence-electron chi connectivity index (χ3n) is 2.46. The molecule has 0 aliphatic carbocycles. The van der Waals surface area contributed by atoms with Crippen molar-refractivity contribution in [2.75, 3.05) is 24.3 Å². The van der Waals surface area contributed by atoms with E-state index in [1.165, 1.54) is 4.90 Å². The Morgan fingerprint density at radius 3 is 2.83 bits per heavy atom. The average Bonchev–Trinajstić information content (AvgIpc) is 2.69. The maximum atomic E-state index is 11.4. The minimum Gasteiger partial charge on any atom is -0.492 e. The van der Waals surface area contributed by atoms with Gasteiger partial charge >= 0.3 is 0 Å². The Balaban J connectivity index is 2.01. The van der Waals surface area contributed by atoms with E-state index in [4.69, 9.17) is 4.74 Å². The molecule has 1 aromatic rings. The molecule has 5 nitrogen and oxygen atoms in total. The van der Waals surface area contributed by atoms with Crippen molar-refractivity contribution in [2.45, 2.75) is 6.92 Å². The van der Waals surface area contributed by atoms with E-state index in [1.807, 2.05) is 31.2 Å². The zero-order valence-corrected chi connectivity index (χ0v) is 10.8. The number of hydrogen-bond acceptors (Lipinski definition) is 5. The van der Waals surface area contributed by atoms with Crippen LogP contribution in [-0.4, -0.2) is 35.1 Å². The Morgan fingerprint density at radius 1 is 1.39 bits per heavy atom. The minimum atomic E-state index is -0.207. The Morgan fingerprint density at radius 2 is 2.17 bits per heavy atom. The van der Waals surface area contributed by atoms with Crippen LogP contribution in [0.25, 0.3) is 0 Å². The lowest BCUT2D eigenvalue weighted by atomic mass is 10.3. The highest BCUT2D eigenvalue weighted by Crippen LogP contribution is 2.25. The fourth-order valence-corrected chi connectivity index (χ4v) is 2.32. The molecule has 1 aliphatic rings. The van der Waals surface area contributed by atoms with E-state index in [2.05, 4.69) is 5.32 Å². The summed E-state index contributed by atoms with van der Waals surface area (Å²) in [4.78, 5) is 24.0. The molecule has 96 valence electrons. The van der Waals surface area contributed by atoms with Crippen LogP contribution in [0.15, 0.2) is 24.3 Å². The highest BCUT2D eigenvalue weighted by atomic mass is 32.2. The summed E-state index contributed by atoms with van der Waals surface area (Å²) in [6.45, 7) is 2.64. The molecule has 1 fully saturated rings. The molecular formula is C12H14N2O3S. The number of benzene rings is 1. The zero-order chi connectivity index (χ0) is 13.0. The Bertz CT molecular complexity index is 448. The molecule has 0 saturated carbocycles. The van der Waals surface area contributed by atoms with E-state index >= 15 is 0 Å². The number of imide groups is 1. The number of carbonyl (C=O) groups is 2. The van der Waals surface area contributed by atoms with Gasteiger partial charge in [0.2, 0.25) is 5.91 Å². The summed E-state index contributed by atoms with van der Waals surface area (Å²) in [5.74, 6) is 0.784. The fourth-order valence-electron chi connectivity index (χ4n) is 1.59. The summed E-state index contributed by atoms with van der Waals surface area (Å²) >= 11 is 1.03. The first-order chi connectivity index (χ1) is 8.72. The van der Waals surface area contributed by atoms with Crippen molar-refractivity contribution in [2.24, 2.45) is 0 Å². The molecule has 1 saturated heterocycles. The second-order valence-electron chi connectivity index (χ2n) is 3.64. The zero-order valence-electron chi connectivity index (χ0n) is 10.0. The van der Waals surface area contributed by atoms with Gasteiger partial charge in [0.15, 0.2) is 0 Å². The lowest BCUT2D eigenvalue weighted by Gasteiger charge is -2.16. The largest absolute Gasteiger partial charge is 0.492 e. The van der Waals surface area contributed by atoms with Crippen molar-refractivity contribution in [3.63, 3.8) is 0 Å². The molecule has 1 aliphatic heterocycles. The lowest BCUT2D eigenvalue weighted by molar-refractivity contribution is -0.124. The highest BCUT2D eigenvalue weighted by Gasteiger charge is 2.29. The maximum Gasteiger partial charge on any atom is 0.290 e. The summed E-state index contributed by atoms with van der Waals surface area (Å²) in [5.41, 5.74) is 0.775. The van der Waals surface area contributed by atoms with Crippen molar-refractivity contribution < 1.29 is 14.3 Å². The number of rotatable bonds is 5. The van der Waals surface area contributed by atoms with Crippen molar-refractivity contribution in [3.05, 3.63) is 24.3 Å². The van der Waals surface area contributed by atoms with Crippen LogP contribution in [0, 0.1) is 0 Å². The third kappa shape index (κ3) is 2.76. The number of ether oxygens (including phenoxy) is 1. The van der Waals surface area contributed by atoms with E-state index in [9.17, 15) is 9.59 Å². The van der Waals surface area contributed by atoms with E-state index in [1.54, 1.807) is 0 Å². The first-order valence-electron chi connectivity index (χ1n) is 5.65. The van der Waals surface area contributed by atoms with Gasteiger partial charge in [-0.1, -0.05) is 23.9 Å². The number of nitrogens with one attached hydrogen (secondary N) is 1. The van der Waals surface area contributed by atoms with Crippen molar-refractivity contribution >= 4 is 28.6 Å². The van der Waals surface area contributed by atoms with Crippen LogP contribution in [0.3, 0.4) is 0 Å². The summed E-state index contributed by atoms with van der Waals surface area (Å²) < 4.78 is 5.45. The number of thioether (sulfide) groups is 1. The fraction of sp³-hybridized carbons (Fsp3) is 0.333. The Hall–Kier alpha value is -1.69. The van der Waals surface area contributed by atoms with Gasteiger partial charge in [-0.05, 0) is 19.1 Å². The lowest BCUT2D eigenvalue weighted by Crippen LogP contribution is -2.33. The van der Waals surface area contributed by atoms with Crippen LogP contribution in [0.1, 0.15) is 6.92 Å². The molecule has 0 aromatic heterocycles. The number of amides is 2. The quantitative estimate of drug-likeness (QED) is 0.885. The summed E-state index contributed by atoms with van der Waals surface area (Å²) in [5, 5.41) is 2.84. The normalized spacial score (nSPS) is 15.1. The van der Waals surface area contributed by atoms with Gasteiger partial charge in [0.25, 0.3) is 5.24 Å². The molecule has 0 bridgehead atoms. The van der Waals surface area contributed by atoms with Crippen LogP contribution in [-0.2, 0) is 4.79 Å². The van der Waals surface area contributed by atoms with Crippen LogP contribution in [0.2, 0.25) is 0 Å². The predicted molar refractivity (Wildman–Crippen MR) is 70.8 cm³/mol. The topological polar surface area (TPSA) is 58.6 Å². The van der Waals surface area contributed by atoms with E-state index < -0.39 is 0 Å². The maximum absolute atomic E-state index is 11.4. The smallest absolute Gasteiger partial charge is 0.290 e. The standard InChI is InChI=1S/C12H14N2O3S/c1-2-17-10-6-4-3-5-9(10)13-8-14-11(15)7-18-12(14)16/h3-6,13H,2,7-8H2,1H3. The van der Waals surface area contributed by atoms with Crippen molar-refractivity contribution in [1.82, 2.24) is 4.90 Å². The summed E-state index contributed by atoms with van der Waals surface area (Å²) in [7, 11) is 0.